The van der Waals surface area contributed by atoms with Gasteiger partial charge in [-0.3, -0.25) is 4.79 Å². The normalized spacial score (nSPS) is 10.8. The van der Waals surface area contributed by atoms with Gasteiger partial charge in [0.05, 0.1) is 11.1 Å². The summed E-state index contributed by atoms with van der Waals surface area (Å²) in [5.74, 6) is -9.89. The van der Waals surface area contributed by atoms with Crippen LogP contribution in [-0.4, -0.2) is 46.6 Å². The quantitative estimate of drug-likeness (QED) is 0.127. The van der Waals surface area contributed by atoms with Gasteiger partial charge in [-0.2, -0.15) is 0 Å². The van der Waals surface area contributed by atoms with Crippen molar-refractivity contribution in [2.75, 3.05) is 0 Å². The second-order valence-electron chi connectivity index (χ2n) is 7.35. The molecule has 4 aromatic carbocycles. The van der Waals surface area contributed by atoms with Gasteiger partial charge in [0, 0.05) is 0 Å². The summed E-state index contributed by atoms with van der Waals surface area (Å²) < 4.78 is 0. The van der Waals surface area contributed by atoms with Crippen LogP contribution in [0.1, 0.15) is 15.9 Å². The molecule has 4 aromatic rings. The maximum atomic E-state index is 13.4. The molecule has 0 fully saturated rings. The first-order chi connectivity index (χ1) is 16.2. The summed E-state index contributed by atoms with van der Waals surface area (Å²) in [6.45, 7) is 0. The molecule has 9 nitrogen and oxygen atoms in total. The van der Waals surface area contributed by atoms with Gasteiger partial charge in [-0.1, -0.05) is 60.7 Å². The van der Waals surface area contributed by atoms with Crippen molar-refractivity contribution in [3.63, 3.8) is 0 Å². The van der Waals surface area contributed by atoms with Crippen molar-refractivity contribution < 1.29 is 45.6 Å². The molecule has 0 saturated heterocycles. The molecule has 0 aliphatic carbocycles. The number of phenols is 8. The molecule has 0 aliphatic rings. The first-order valence-corrected chi connectivity index (χ1v) is 9.81. The minimum atomic E-state index is -1.41. The molecule has 9 heteroatoms. The van der Waals surface area contributed by atoms with Gasteiger partial charge in [0.1, 0.15) is 22.6 Å². The van der Waals surface area contributed by atoms with Crippen LogP contribution in [0.2, 0.25) is 0 Å². The zero-order valence-corrected chi connectivity index (χ0v) is 17.3. The van der Waals surface area contributed by atoms with E-state index in [1.54, 1.807) is 36.4 Å². The van der Waals surface area contributed by atoms with E-state index in [1.165, 1.54) is 24.3 Å². The minimum Gasteiger partial charge on any atom is -0.506 e. The van der Waals surface area contributed by atoms with Gasteiger partial charge in [-0.25, -0.2) is 0 Å². The third kappa shape index (κ3) is 3.23. The number of hydrogen-bond acceptors (Lipinski definition) is 9. The van der Waals surface area contributed by atoms with Crippen LogP contribution in [-0.2, 0) is 0 Å². The molecule has 0 bridgehead atoms. The van der Waals surface area contributed by atoms with Gasteiger partial charge in [-0.15, -0.1) is 0 Å². The van der Waals surface area contributed by atoms with Crippen LogP contribution in [0.15, 0.2) is 60.7 Å². The summed E-state index contributed by atoms with van der Waals surface area (Å²) in [7, 11) is 0. The zero-order chi connectivity index (χ0) is 24.7. The number of carbonyl (C=O) groups excluding carboxylic acids is 1. The molecule has 0 radical (unpaired) electrons. The van der Waals surface area contributed by atoms with Crippen LogP contribution in [0.4, 0.5) is 0 Å². The summed E-state index contributed by atoms with van der Waals surface area (Å²) in [6, 6.07) is 15.3. The molecule has 8 N–H and O–H groups in total. The molecule has 0 amide bonds. The Morgan fingerprint density at radius 2 is 0.735 bits per heavy atom. The number of ketones is 1. The molecule has 0 saturated carbocycles. The van der Waals surface area contributed by atoms with Crippen LogP contribution < -0.4 is 0 Å². The van der Waals surface area contributed by atoms with E-state index >= 15 is 0 Å². The van der Waals surface area contributed by atoms with E-state index < -0.39 is 74.0 Å². The lowest BCUT2D eigenvalue weighted by atomic mass is 9.90. The van der Waals surface area contributed by atoms with E-state index in [0.29, 0.717) is 0 Å². The SMILES string of the molecule is O=C(c1c(O)c(O)c(O)c(-c2ccccc2)c1O)c1c(O)c(O)c(O)c(-c2ccccc2)c1O. The third-order valence-electron chi connectivity index (χ3n) is 5.37. The molecule has 34 heavy (non-hydrogen) atoms. The lowest BCUT2D eigenvalue weighted by molar-refractivity contribution is 0.102. The maximum absolute atomic E-state index is 13.4. The van der Waals surface area contributed by atoms with Crippen LogP contribution in [0.5, 0.6) is 46.0 Å². The number of carbonyl (C=O) groups is 1. The smallest absolute Gasteiger partial charge is 0.208 e. The number of benzene rings is 4. The van der Waals surface area contributed by atoms with Crippen LogP contribution in [0.25, 0.3) is 22.3 Å². The Morgan fingerprint density at radius 1 is 0.412 bits per heavy atom. The summed E-state index contributed by atoms with van der Waals surface area (Å²) in [6.07, 6.45) is 0. The zero-order valence-electron chi connectivity index (χ0n) is 17.3. The molecular weight excluding hydrogens is 444 g/mol. The fraction of sp³-hybridized carbons (Fsp3) is 0. The second kappa shape index (κ2) is 8.14. The van der Waals surface area contributed by atoms with Crippen molar-refractivity contribution in [2.45, 2.75) is 0 Å². The lowest BCUT2D eigenvalue weighted by Crippen LogP contribution is -2.06. The highest BCUT2D eigenvalue weighted by atomic mass is 16.3. The molecule has 0 atom stereocenters. The van der Waals surface area contributed by atoms with E-state index in [9.17, 15) is 45.6 Å². The van der Waals surface area contributed by atoms with Crippen molar-refractivity contribution in [2.24, 2.45) is 0 Å². The number of hydrogen-bond donors (Lipinski definition) is 8. The van der Waals surface area contributed by atoms with Crippen molar-refractivity contribution >= 4 is 5.78 Å². The van der Waals surface area contributed by atoms with Gasteiger partial charge >= 0.3 is 0 Å². The highest BCUT2D eigenvalue weighted by molar-refractivity contribution is 6.19. The maximum Gasteiger partial charge on any atom is 0.208 e. The fourth-order valence-electron chi connectivity index (χ4n) is 3.71. The fourth-order valence-corrected chi connectivity index (χ4v) is 3.71. The Morgan fingerprint density at radius 3 is 1.06 bits per heavy atom. The largest absolute Gasteiger partial charge is 0.506 e. The summed E-state index contributed by atoms with van der Waals surface area (Å²) >= 11 is 0. The predicted octanol–water partition coefficient (Wildman–Crippen LogP) is 3.90. The van der Waals surface area contributed by atoms with Crippen molar-refractivity contribution in [1.82, 2.24) is 0 Å². The van der Waals surface area contributed by atoms with E-state index in [1.807, 2.05) is 0 Å². The number of rotatable bonds is 4. The first-order valence-electron chi connectivity index (χ1n) is 9.81. The molecular formula is C25H18O9. The van der Waals surface area contributed by atoms with Crippen molar-refractivity contribution in [3.8, 4) is 68.2 Å². The summed E-state index contributed by atoms with van der Waals surface area (Å²) in [5, 5.41) is 83.5. The molecule has 0 aliphatic heterocycles. The number of aromatic hydroxyl groups is 8. The average molecular weight is 462 g/mol. The third-order valence-corrected chi connectivity index (χ3v) is 5.37. The van der Waals surface area contributed by atoms with Crippen LogP contribution in [0.3, 0.4) is 0 Å². The monoisotopic (exact) mass is 462 g/mol. The van der Waals surface area contributed by atoms with Gasteiger partial charge in [-0.05, 0) is 11.1 Å². The highest BCUT2D eigenvalue weighted by Gasteiger charge is 2.35. The van der Waals surface area contributed by atoms with E-state index in [-0.39, 0.29) is 11.1 Å². The van der Waals surface area contributed by atoms with Crippen LogP contribution >= 0.6 is 0 Å². The Labute approximate surface area is 191 Å². The van der Waals surface area contributed by atoms with Gasteiger partial charge < -0.3 is 40.9 Å². The van der Waals surface area contributed by atoms with E-state index in [4.69, 9.17) is 0 Å². The highest BCUT2D eigenvalue weighted by Crippen LogP contribution is 2.55. The van der Waals surface area contributed by atoms with Crippen molar-refractivity contribution in [1.29, 1.82) is 0 Å². The van der Waals surface area contributed by atoms with Gasteiger partial charge in [0.15, 0.2) is 23.0 Å². The number of phenolic OH excluding ortho intramolecular Hbond substituents is 8. The van der Waals surface area contributed by atoms with E-state index in [2.05, 4.69) is 0 Å². The first kappa shape index (κ1) is 22.2. The lowest BCUT2D eigenvalue weighted by Gasteiger charge is -2.18. The Bertz CT molecular complexity index is 1320. The minimum absolute atomic E-state index is 0.175. The topological polar surface area (TPSA) is 179 Å². The summed E-state index contributed by atoms with van der Waals surface area (Å²) in [4.78, 5) is 13.4. The average Bonchev–Trinajstić information content (AvgIpc) is 2.83. The molecule has 0 heterocycles. The van der Waals surface area contributed by atoms with Crippen molar-refractivity contribution in [3.05, 3.63) is 71.8 Å². The Kier molecular flexibility index (Phi) is 5.30. The summed E-state index contributed by atoms with van der Waals surface area (Å²) in [5.41, 5.74) is -2.38. The molecule has 0 spiro atoms. The Hall–Kier alpha value is -5.05. The molecule has 0 unspecified atom stereocenters. The van der Waals surface area contributed by atoms with Gasteiger partial charge in [0.2, 0.25) is 17.3 Å². The Balaban J connectivity index is 2.03. The van der Waals surface area contributed by atoms with E-state index in [0.717, 1.165) is 0 Å². The second-order valence-corrected chi connectivity index (χ2v) is 7.35. The predicted molar refractivity (Wildman–Crippen MR) is 121 cm³/mol. The molecule has 0 aromatic heterocycles. The standard InChI is InChI=1S/C25H18O9/c26-17-13(11-7-3-1-4-8-11)20(29)24(33)22(31)15(17)19(28)16-18(27)14(12-9-5-2-6-10-12)21(30)25(34)23(16)32/h1-10,26-27,29-34H. The van der Waals surface area contributed by atoms with Crippen LogP contribution in [0, 0.1) is 0 Å². The molecule has 4 rings (SSSR count). The molecule has 172 valence electrons. The van der Waals surface area contributed by atoms with Gasteiger partial charge in [0.25, 0.3) is 0 Å².